The number of nitrogens with one attached hydrogen (secondary N) is 5. The van der Waals surface area contributed by atoms with Crippen molar-refractivity contribution in [3.05, 3.63) is 41.8 Å². The van der Waals surface area contributed by atoms with Crippen molar-refractivity contribution in [2.45, 2.75) is 59.7 Å². The molecular weight excluding hydrogens is 602 g/mol. The maximum absolute atomic E-state index is 12.6. The van der Waals surface area contributed by atoms with E-state index < -0.39 is 23.5 Å². The van der Waals surface area contributed by atoms with Gasteiger partial charge in [0.2, 0.25) is 17.7 Å². The molecule has 46 heavy (non-hydrogen) atoms. The van der Waals surface area contributed by atoms with Gasteiger partial charge in [0.05, 0.1) is 25.2 Å². The number of aliphatic hydroxyl groups is 2. The number of benzene rings is 1. The Hall–Kier alpha value is -4.21. The summed E-state index contributed by atoms with van der Waals surface area (Å²) < 4.78 is 16.1. The summed E-state index contributed by atoms with van der Waals surface area (Å²) in [6.07, 6.45) is 1.63. The number of carbonyl (C=O) groups is 5. The van der Waals surface area contributed by atoms with Crippen LogP contribution in [0.1, 0.15) is 63.7 Å². The highest BCUT2D eigenvalue weighted by Gasteiger charge is 2.27. The minimum atomic E-state index is -1.53. The number of hydrogen-bond acceptors (Lipinski definition) is 10. The lowest BCUT2D eigenvalue weighted by Crippen LogP contribution is -2.43. The molecular formula is C31H49N5O10. The molecule has 0 unspecified atom stereocenters. The Bertz CT molecular complexity index is 1160. The standard InChI is InChI=1S/C31H49N5O10/c1-5-6-11-26(39)33-15-17-44-21-31(3,4)30(43)35-14-13-34-28(41)23-9-7-10-24(18-23)46-20-27(40)32-12-8-16-45-29(42)25(19-37)36-22(2)38/h7,9-10,18-19,29,37,42H,5-6,8,11-17,20-21H2,1-4H3,(H,32,40)(H,33,39)(H,34,41)(H,35,43)(H,36,38)/t29-/m0/s1. The number of unbranched alkanes of at least 4 members (excludes halogenated alkanes) is 1. The third kappa shape index (κ3) is 17.3. The molecule has 15 heteroatoms. The molecule has 0 aromatic heterocycles. The Balaban J connectivity index is 2.29. The highest BCUT2D eigenvalue weighted by Crippen LogP contribution is 2.15. The van der Waals surface area contributed by atoms with E-state index in [9.17, 15) is 29.1 Å². The molecule has 0 radical (unpaired) electrons. The monoisotopic (exact) mass is 651 g/mol. The molecule has 7 N–H and O–H groups in total. The first-order valence-corrected chi connectivity index (χ1v) is 15.2. The molecule has 5 amide bonds. The minimum absolute atomic E-state index is 0.0141. The molecule has 1 aromatic carbocycles. The highest BCUT2D eigenvalue weighted by molar-refractivity contribution is 5.94. The molecule has 0 aliphatic rings. The van der Waals surface area contributed by atoms with Crippen LogP contribution in [0.4, 0.5) is 0 Å². The Morgan fingerprint density at radius 3 is 2.35 bits per heavy atom. The van der Waals surface area contributed by atoms with Crippen LogP contribution in [0.15, 0.2) is 36.2 Å². The molecule has 15 nitrogen and oxygen atoms in total. The van der Waals surface area contributed by atoms with Crippen LogP contribution in [0.5, 0.6) is 5.75 Å². The van der Waals surface area contributed by atoms with Gasteiger partial charge in [-0.2, -0.15) is 0 Å². The van der Waals surface area contributed by atoms with Gasteiger partial charge in [-0.1, -0.05) is 19.4 Å². The second-order valence-corrected chi connectivity index (χ2v) is 10.9. The molecule has 0 bridgehead atoms. The molecule has 0 fully saturated rings. The summed E-state index contributed by atoms with van der Waals surface area (Å²) in [7, 11) is 0. The van der Waals surface area contributed by atoms with E-state index in [4.69, 9.17) is 19.3 Å². The summed E-state index contributed by atoms with van der Waals surface area (Å²) in [6.45, 7) is 7.92. The average Bonchev–Trinajstić information content (AvgIpc) is 3.02. The summed E-state index contributed by atoms with van der Waals surface area (Å²) in [4.78, 5) is 59.9. The summed E-state index contributed by atoms with van der Waals surface area (Å²) in [6, 6.07) is 6.29. The molecule has 0 saturated carbocycles. The van der Waals surface area contributed by atoms with Gasteiger partial charge in [-0.25, -0.2) is 0 Å². The van der Waals surface area contributed by atoms with E-state index in [0.717, 1.165) is 12.8 Å². The smallest absolute Gasteiger partial charge is 0.257 e. The number of carbonyl (C=O) groups excluding carboxylic acids is 5. The molecule has 0 saturated heterocycles. The number of ether oxygens (including phenoxy) is 3. The van der Waals surface area contributed by atoms with Gasteiger partial charge in [-0.3, -0.25) is 24.0 Å². The van der Waals surface area contributed by atoms with Crippen LogP contribution in [-0.2, 0) is 28.7 Å². The predicted molar refractivity (Wildman–Crippen MR) is 169 cm³/mol. The van der Waals surface area contributed by atoms with Crippen LogP contribution in [-0.4, -0.2) is 98.6 Å². The third-order valence-corrected chi connectivity index (χ3v) is 6.21. The van der Waals surface area contributed by atoms with Gasteiger partial charge in [-0.15, -0.1) is 0 Å². The minimum Gasteiger partial charge on any atom is -0.514 e. The van der Waals surface area contributed by atoms with Crippen LogP contribution in [0.25, 0.3) is 0 Å². The van der Waals surface area contributed by atoms with E-state index in [2.05, 4.69) is 26.6 Å². The van der Waals surface area contributed by atoms with Crippen molar-refractivity contribution < 1.29 is 48.4 Å². The van der Waals surface area contributed by atoms with Crippen LogP contribution in [0.3, 0.4) is 0 Å². The first-order valence-electron chi connectivity index (χ1n) is 15.2. The molecule has 1 rings (SSSR count). The fourth-order valence-electron chi connectivity index (χ4n) is 3.65. The zero-order valence-electron chi connectivity index (χ0n) is 27.1. The largest absolute Gasteiger partial charge is 0.514 e. The maximum atomic E-state index is 12.6. The van der Waals surface area contributed by atoms with E-state index in [1.54, 1.807) is 32.0 Å². The van der Waals surface area contributed by atoms with Gasteiger partial charge in [0, 0.05) is 45.1 Å². The molecule has 1 atom stereocenters. The van der Waals surface area contributed by atoms with E-state index in [1.165, 1.54) is 13.0 Å². The Kier molecular flexibility index (Phi) is 19.3. The molecule has 0 aliphatic carbocycles. The van der Waals surface area contributed by atoms with Crippen LogP contribution >= 0.6 is 0 Å². The fourth-order valence-corrected chi connectivity index (χ4v) is 3.65. The maximum Gasteiger partial charge on any atom is 0.257 e. The van der Waals surface area contributed by atoms with Crippen LogP contribution < -0.4 is 31.3 Å². The first-order chi connectivity index (χ1) is 21.9. The zero-order valence-corrected chi connectivity index (χ0v) is 27.1. The van der Waals surface area contributed by atoms with Crippen LogP contribution in [0.2, 0.25) is 0 Å². The lowest BCUT2D eigenvalue weighted by molar-refractivity contribution is -0.132. The highest BCUT2D eigenvalue weighted by atomic mass is 16.6. The normalized spacial score (nSPS) is 12.1. The summed E-state index contributed by atoms with van der Waals surface area (Å²) in [5, 5.41) is 32.0. The van der Waals surface area contributed by atoms with Crippen molar-refractivity contribution >= 4 is 29.5 Å². The van der Waals surface area contributed by atoms with E-state index in [0.29, 0.717) is 43.6 Å². The van der Waals surface area contributed by atoms with Gasteiger partial charge >= 0.3 is 0 Å². The van der Waals surface area contributed by atoms with Crippen molar-refractivity contribution in [1.82, 2.24) is 26.6 Å². The Labute approximate surface area is 269 Å². The van der Waals surface area contributed by atoms with Crippen molar-refractivity contribution in [1.29, 1.82) is 0 Å². The predicted octanol–water partition coefficient (Wildman–Crippen LogP) is 0.637. The topological polar surface area (TPSA) is 214 Å². The molecule has 1 aromatic rings. The third-order valence-electron chi connectivity index (χ3n) is 6.21. The summed E-state index contributed by atoms with van der Waals surface area (Å²) >= 11 is 0. The second kappa shape index (κ2) is 22.3. The molecule has 0 heterocycles. The van der Waals surface area contributed by atoms with Crippen molar-refractivity contribution in [2.24, 2.45) is 5.41 Å². The van der Waals surface area contributed by atoms with E-state index in [1.807, 2.05) is 6.92 Å². The average molecular weight is 652 g/mol. The van der Waals surface area contributed by atoms with E-state index in [-0.39, 0.29) is 62.9 Å². The quantitative estimate of drug-likeness (QED) is 0.0498. The number of amides is 5. The van der Waals surface area contributed by atoms with Crippen molar-refractivity contribution in [2.75, 3.05) is 52.6 Å². The van der Waals surface area contributed by atoms with Gasteiger partial charge in [0.15, 0.2) is 12.9 Å². The van der Waals surface area contributed by atoms with Gasteiger partial charge < -0.3 is 51.0 Å². The summed E-state index contributed by atoms with van der Waals surface area (Å²) in [5.74, 6) is -1.22. The van der Waals surface area contributed by atoms with Crippen LogP contribution in [0, 0.1) is 5.41 Å². The van der Waals surface area contributed by atoms with Gasteiger partial charge in [0.1, 0.15) is 17.7 Å². The van der Waals surface area contributed by atoms with Gasteiger partial charge in [-0.05, 0) is 44.9 Å². The van der Waals surface area contributed by atoms with Crippen molar-refractivity contribution in [3.8, 4) is 5.75 Å². The zero-order chi connectivity index (χ0) is 34.4. The molecule has 0 spiro atoms. The lowest BCUT2D eigenvalue weighted by atomic mass is 9.93. The SMILES string of the molecule is CCCCC(=O)NCCOCC(C)(C)C(=O)NCCNC(=O)c1cccc(OCC(=O)NCCCO[C@H](O)C(=CO)NC(C)=O)c1. The van der Waals surface area contributed by atoms with Gasteiger partial charge in [0.25, 0.3) is 11.8 Å². The molecule has 0 aliphatic heterocycles. The number of aliphatic hydroxyl groups excluding tert-OH is 2. The molecule has 258 valence electrons. The second-order valence-electron chi connectivity index (χ2n) is 10.9. The summed E-state index contributed by atoms with van der Waals surface area (Å²) in [5.41, 5.74) is -0.695. The fraction of sp³-hybridized carbons (Fsp3) is 0.581. The number of rotatable bonds is 23. The van der Waals surface area contributed by atoms with Crippen molar-refractivity contribution in [3.63, 3.8) is 0 Å². The Morgan fingerprint density at radius 2 is 1.65 bits per heavy atom. The Morgan fingerprint density at radius 1 is 0.935 bits per heavy atom. The lowest BCUT2D eigenvalue weighted by Gasteiger charge is -2.23. The first kappa shape index (κ1) is 39.8. The number of hydrogen-bond donors (Lipinski definition) is 7. The van der Waals surface area contributed by atoms with E-state index >= 15 is 0 Å².